The van der Waals surface area contributed by atoms with E-state index in [0.29, 0.717) is 19.1 Å². The number of ether oxygens (including phenoxy) is 2. The molecule has 0 saturated heterocycles. The summed E-state index contributed by atoms with van der Waals surface area (Å²) in [6.07, 6.45) is 2.05. The molecule has 1 atom stereocenters. The molecule has 1 N–H and O–H groups in total. The number of carbonyl (C=O) groups excluding carboxylic acids is 1. The van der Waals surface area contributed by atoms with E-state index in [1.165, 1.54) is 0 Å². The van der Waals surface area contributed by atoms with Crippen LogP contribution < -0.4 is 14.8 Å². The third kappa shape index (κ3) is 2.74. The fourth-order valence-electron chi connectivity index (χ4n) is 2.50. The van der Waals surface area contributed by atoms with Gasteiger partial charge in [0.2, 0.25) is 5.91 Å². The van der Waals surface area contributed by atoms with Gasteiger partial charge >= 0.3 is 0 Å². The molecule has 1 aromatic carbocycles. The summed E-state index contributed by atoms with van der Waals surface area (Å²) in [4.78, 5) is 12.0. The normalized spacial score (nSPS) is 18.8. The summed E-state index contributed by atoms with van der Waals surface area (Å²) in [5.41, 5.74) is 1.08. The molecule has 1 aliphatic heterocycles. The van der Waals surface area contributed by atoms with Gasteiger partial charge in [-0.2, -0.15) is 0 Å². The lowest BCUT2D eigenvalue weighted by molar-refractivity contribution is -0.123. The highest BCUT2D eigenvalue weighted by Gasteiger charge is 2.32. The molecular formula is C16H21NO3. The minimum atomic E-state index is 0.0268. The molecule has 20 heavy (non-hydrogen) atoms. The van der Waals surface area contributed by atoms with Gasteiger partial charge in [0.25, 0.3) is 0 Å². The van der Waals surface area contributed by atoms with Crippen molar-refractivity contribution in [3.05, 3.63) is 23.8 Å². The van der Waals surface area contributed by atoms with E-state index in [2.05, 4.69) is 19.2 Å². The molecule has 0 bridgehead atoms. The van der Waals surface area contributed by atoms with Crippen molar-refractivity contribution in [1.29, 1.82) is 0 Å². The van der Waals surface area contributed by atoms with E-state index in [9.17, 15) is 4.79 Å². The zero-order valence-electron chi connectivity index (χ0n) is 12.0. The molecule has 1 heterocycles. The van der Waals surface area contributed by atoms with Gasteiger partial charge < -0.3 is 14.8 Å². The van der Waals surface area contributed by atoms with Crippen molar-refractivity contribution in [2.75, 3.05) is 13.2 Å². The lowest BCUT2D eigenvalue weighted by Gasteiger charge is -2.25. The Hall–Kier alpha value is -1.71. The first-order valence-electron chi connectivity index (χ1n) is 7.35. The van der Waals surface area contributed by atoms with Gasteiger partial charge in [0, 0.05) is 5.92 Å². The van der Waals surface area contributed by atoms with Crippen LogP contribution in [0.3, 0.4) is 0 Å². The summed E-state index contributed by atoms with van der Waals surface area (Å²) >= 11 is 0. The third-order valence-corrected chi connectivity index (χ3v) is 3.84. The second-order valence-electron chi connectivity index (χ2n) is 5.91. The van der Waals surface area contributed by atoms with E-state index in [-0.39, 0.29) is 17.9 Å². The Morgan fingerprint density at radius 1 is 1.20 bits per heavy atom. The Kier molecular flexibility index (Phi) is 3.55. The van der Waals surface area contributed by atoms with Gasteiger partial charge in [-0.15, -0.1) is 0 Å². The molecule has 1 aromatic rings. The Balaban J connectivity index is 1.81. The van der Waals surface area contributed by atoms with Crippen LogP contribution in [0.4, 0.5) is 0 Å². The van der Waals surface area contributed by atoms with Crippen molar-refractivity contribution in [2.45, 2.75) is 32.7 Å². The van der Waals surface area contributed by atoms with Crippen LogP contribution in [0.1, 0.15) is 38.3 Å². The van der Waals surface area contributed by atoms with Crippen LogP contribution in [0.5, 0.6) is 11.5 Å². The number of fused-ring (bicyclic) bond motifs is 1. The minimum absolute atomic E-state index is 0.0268. The highest BCUT2D eigenvalue weighted by molar-refractivity contribution is 5.81. The smallest absolute Gasteiger partial charge is 0.223 e. The van der Waals surface area contributed by atoms with E-state index in [0.717, 1.165) is 29.9 Å². The molecule has 1 amide bonds. The van der Waals surface area contributed by atoms with Gasteiger partial charge in [0.05, 0.1) is 6.04 Å². The predicted octanol–water partition coefficient (Wildman–Crippen LogP) is 2.68. The van der Waals surface area contributed by atoms with Crippen molar-refractivity contribution in [3.8, 4) is 11.5 Å². The van der Waals surface area contributed by atoms with Gasteiger partial charge in [0.15, 0.2) is 11.5 Å². The molecule has 1 saturated carbocycles. The summed E-state index contributed by atoms with van der Waals surface area (Å²) in [7, 11) is 0. The Morgan fingerprint density at radius 2 is 1.90 bits per heavy atom. The monoisotopic (exact) mass is 275 g/mol. The maximum atomic E-state index is 12.0. The molecule has 4 nitrogen and oxygen atoms in total. The molecule has 1 aliphatic carbocycles. The topological polar surface area (TPSA) is 47.6 Å². The first-order valence-corrected chi connectivity index (χ1v) is 7.35. The van der Waals surface area contributed by atoms with Crippen molar-refractivity contribution in [3.63, 3.8) is 0 Å². The Bertz CT molecular complexity index is 508. The molecule has 0 spiro atoms. The van der Waals surface area contributed by atoms with Crippen LogP contribution in [0, 0.1) is 11.8 Å². The van der Waals surface area contributed by atoms with Gasteiger partial charge in [-0.25, -0.2) is 0 Å². The average molecular weight is 275 g/mol. The molecular weight excluding hydrogens is 254 g/mol. The van der Waals surface area contributed by atoms with Crippen molar-refractivity contribution >= 4 is 5.91 Å². The molecule has 0 radical (unpaired) electrons. The molecule has 4 heteroatoms. The molecule has 0 unspecified atom stereocenters. The summed E-state index contributed by atoms with van der Waals surface area (Å²) in [5.74, 6) is 2.31. The number of nitrogens with one attached hydrogen (secondary N) is 1. The largest absolute Gasteiger partial charge is 0.486 e. The molecule has 3 rings (SSSR count). The lowest BCUT2D eigenvalue weighted by atomic mass is 9.95. The predicted molar refractivity (Wildman–Crippen MR) is 75.9 cm³/mol. The SMILES string of the molecule is CC(C)[C@@H](NC(=O)C1CC1)c1ccc2c(c1)OCCO2. The second kappa shape index (κ2) is 5.35. The van der Waals surface area contributed by atoms with E-state index in [4.69, 9.17) is 9.47 Å². The molecule has 108 valence electrons. The maximum Gasteiger partial charge on any atom is 0.223 e. The molecule has 0 aromatic heterocycles. The standard InChI is InChI=1S/C16H21NO3/c1-10(2)15(17-16(18)11-3-4-11)12-5-6-13-14(9-12)20-8-7-19-13/h5-6,9-11,15H,3-4,7-8H2,1-2H3,(H,17,18)/t15-/m1/s1. The maximum absolute atomic E-state index is 12.0. The number of rotatable bonds is 4. The third-order valence-electron chi connectivity index (χ3n) is 3.84. The average Bonchev–Trinajstić information content (AvgIpc) is 3.28. The van der Waals surface area contributed by atoms with Crippen molar-refractivity contribution in [2.24, 2.45) is 11.8 Å². The molecule has 2 aliphatic rings. The van der Waals surface area contributed by atoms with Gasteiger partial charge in [-0.3, -0.25) is 4.79 Å². The van der Waals surface area contributed by atoms with Crippen LogP contribution in [0.2, 0.25) is 0 Å². The molecule has 1 fully saturated rings. The van der Waals surface area contributed by atoms with Crippen LogP contribution in [0.25, 0.3) is 0 Å². The van der Waals surface area contributed by atoms with Crippen LogP contribution in [0.15, 0.2) is 18.2 Å². The van der Waals surface area contributed by atoms with Gasteiger partial charge in [-0.05, 0) is 36.5 Å². The van der Waals surface area contributed by atoms with E-state index in [1.807, 2.05) is 18.2 Å². The van der Waals surface area contributed by atoms with Crippen molar-refractivity contribution in [1.82, 2.24) is 5.32 Å². The Labute approximate surface area is 119 Å². The number of benzene rings is 1. The van der Waals surface area contributed by atoms with Gasteiger partial charge in [-0.1, -0.05) is 19.9 Å². The van der Waals surface area contributed by atoms with E-state index >= 15 is 0 Å². The van der Waals surface area contributed by atoms with E-state index in [1.54, 1.807) is 0 Å². The number of amides is 1. The summed E-state index contributed by atoms with van der Waals surface area (Å²) < 4.78 is 11.2. The first kappa shape index (κ1) is 13.3. The quantitative estimate of drug-likeness (QED) is 0.919. The number of hydrogen-bond acceptors (Lipinski definition) is 3. The minimum Gasteiger partial charge on any atom is -0.486 e. The lowest BCUT2D eigenvalue weighted by Crippen LogP contribution is -2.32. The van der Waals surface area contributed by atoms with Crippen LogP contribution in [-0.2, 0) is 4.79 Å². The Morgan fingerprint density at radius 3 is 2.55 bits per heavy atom. The fourth-order valence-corrected chi connectivity index (χ4v) is 2.50. The summed E-state index contributed by atoms with van der Waals surface area (Å²) in [5, 5.41) is 3.17. The number of hydrogen-bond donors (Lipinski definition) is 1. The van der Waals surface area contributed by atoms with Crippen LogP contribution >= 0.6 is 0 Å². The van der Waals surface area contributed by atoms with Gasteiger partial charge in [0.1, 0.15) is 13.2 Å². The van der Waals surface area contributed by atoms with Crippen LogP contribution in [-0.4, -0.2) is 19.1 Å². The fraction of sp³-hybridized carbons (Fsp3) is 0.562. The number of carbonyl (C=O) groups is 1. The summed E-state index contributed by atoms with van der Waals surface area (Å²) in [6, 6.07) is 5.97. The highest BCUT2D eigenvalue weighted by atomic mass is 16.6. The second-order valence-corrected chi connectivity index (χ2v) is 5.91. The van der Waals surface area contributed by atoms with Crippen molar-refractivity contribution < 1.29 is 14.3 Å². The zero-order chi connectivity index (χ0) is 14.1. The summed E-state index contributed by atoms with van der Waals surface area (Å²) in [6.45, 7) is 5.42. The van der Waals surface area contributed by atoms with E-state index < -0.39 is 0 Å². The zero-order valence-corrected chi connectivity index (χ0v) is 12.0. The highest BCUT2D eigenvalue weighted by Crippen LogP contribution is 2.35. The first-order chi connectivity index (χ1) is 9.65.